The number of aliphatic hydroxyl groups is 1. The number of rotatable bonds is 7. The van der Waals surface area contributed by atoms with Gasteiger partial charge in [-0.1, -0.05) is 0 Å². The first-order chi connectivity index (χ1) is 16.0. The second-order valence-corrected chi connectivity index (χ2v) is 7.93. The van der Waals surface area contributed by atoms with Gasteiger partial charge in [0.25, 0.3) is 11.7 Å². The monoisotopic (exact) mass is 455 g/mol. The number of carbonyl (C=O) groups excluding carboxylic acids is 2. The van der Waals surface area contributed by atoms with Crippen LogP contribution in [0, 0.1) is 5.82 Å². The summed E-state index contributed by atoms with van der Waals surface area (Å²) in [6.07, 6.45) is 3.79. The van der Waals surface area contributed by atoms with E-state index in [9.17, 15) is 19.1 Å². The molecule has 1 aromatic carbocycles. The molecular formula is C24H26FN3O5. The van der Waals surface area contributed by atoms with E-state index >= 15 is 0 Å². The van der Waals surface area contributed by atoms with Crippen molar-refractivity contribution in [2.24, 2.45) is 0 Å². The first kappa shape index (κ1) is 22.9. The van der Waals surface area contributed by atoms with Crippen molar-refractivity contribution in [1.82, 2.24) is 14.8 Å². The molecule has 0 aliphatic carbocycles. The van der Waals surface area contributed by atoms with E-state index in [2.05, 4.69) is 9.88 Å². The highest BCUT2D eigenvalue weighted by Crippen LogP contribution is 2.39. The SMILES string of the molecule is COc1ccc(/C(O)=C2\C(=O)C(=O)N(CCCN3CCOCC3)C2c2ccncc2)cc1F. The van der Waals surface area contributed by atoms with Crippen LogP contribution in [-0.2, 0) is 14.3 Å². The number of nitrogens with zero attached hydrogens (tertiary/aromatic N) is 3. The molecule has 9 heteroatoms. The van der Waals surface area contributed by atoms with Crippen LogP contribution in [0.15, 0.2) is 48.3 Å². The van der Waals surface area contributed by atoms with E-state index in [0.29, 0.717) is 31.7 Å². The lowest BCUT2D eigenvalue weighted by atomic mass is 9.96. The van der Waals surface area contributed by atoms with Crippen LogP contribution in [0.3, 0.4) is 0 Å². The van der Waals surface area contributed by atoms with Gasteiger partial charge in [0, 0.05) is 44.1 Å². The van der Waals surface area contributed by atoms with E-state index in [0.717, 1.165) is 25.7 Å². The molecule has 0 saturated carbocycles. The molecule has 0 radical (unpaired) electrons. The van der Waals surface area contributed by atoms with E-state index in [-0.39, 0.29) is 16.9 Å². The van der Waals surface area contributed by atoms with Gasteiger partial charge in [0.2, 0.25) is 0 Å². The lowest BCUT2D eigenvalue weighted by Crippen LogP contribution is -2.38. The lowest BCUT2D eigenvalue weighted by Gasteiger charge is -2.29. The first-order valence-electron chi connectivity index (χ1n) is 10.8. The minimum atomic E-state index is -0.795. The van der Waals surface area contributed by atoms with Gasteiger partial charge in [0.1, 0.15) is 5.76 Å². The first-order valence-corrected chi connectivity index (χ1v) is 10.8. The van der Waals surface area contributed by atoms with Gasteiger partial charge < -0.3 is 19.5 Å². The molecule has 174 valence electrons. The molecule has 8 nitrogen and oxygen atoms in total. The Balaban J connectivity index is 1.66. The molecule has 1 atom stereocenters. The molecule has 2 saturated heterocycles. The Hall–Kier alpha value is -3.30. The number of ketones is 1. The fraction of sp³-hybridized carbons (Fsp3) is 0.375. The zero-order valence-electron chi connectivity index (χ0n) is 18.4. The maximum atomic E-state index is 14.3. The summed E-state index contributed by atoms with van der Waals surface area (Å²) in [5, 5.41) is 11.0. The molecule has 2 aliphatic rings. The summed E-state index contributed by atoms with van der Waals surface area (Å²) in [6, 6.07) is 6.52. The van der Waals surface area contributed by atoms with E-state index < -0.39 is 29.3 Å². The number of carbonyl (C=O) groups is 2. The number of likely N-dealkylation sites (tertiary alicyclic amines) is 1. The molecule has 1 amide bonds. The molecule has 0 spiro atoms. The van der Waals surface area contributed by atoms with Crippen molar-refractivity contribution in [3.05, 3.63) is 65.2 Å². The van der Waals surface area contributed by atoms with Gasteiger partial charge in [-0.25, -0.2) is 4.39 Å². The van der Waals surface area contributed by atoms with Crippen LogP contribution in [0.25, 0.3) is 5.76 Å². The summed E-state index contributed by atoms with van der Waals surface area (Å²) < 4.78 is 24.6. The molecule has 0 bridgehead atoms. The number of pyridine rings is 1. The second kappa shape index (κ2) is 10.1. The summed E-state index contributed by atoms with van der Waals surface area (Å²) in [6.45, 7) is 4.12. The molecule has 33 heavy (non-hydrogen) atoms. The number of aliphatic hydroxyl groups excluding tert-OH is 1. The van der Waals surface area contributed by atoms with Crippen molar-refractivity contribution in [2.45, 2.75) is 12.5 Å². The number of benzene rings is 1. The third-order valence-corrected chi connectivity index (χ3v) is 5.96. The average molecular weight is 455 g/mol. The topological polar surface area (TPSA) is 92.2 Å². The number of amides is 1. The highest BCUT2D eigenvalue weighted by Gasteiger charge is 2.45. The minimum Gasteiger partial charge on any atom is -0.507 e. The summed E-state index contributed by atoms with van der Waals surface area (Å²) in [5.74, 6) is -2.57. The molecular weight excluding hydrogens is 429 g/mol. The number of hydrogen-bond acceptors (Lipinski definition) is 7. The molecule has 3 heterocycles. The number of aromatic nitrogens is 1. The predicted molar refractivity (Wildman–Crippen MR) is 118 cm³/mol. The molecule has 1 unspecified atom stereocenters. The quantitative estimate of drug-likeness (QED) is 0.389. The van der Waals surface area contributed by atoms with Gasteiger partial charge in [-0.15, -0.1) is 0 Å². The predicted octanol–water partition coefficient (Wildman–Crippen LogP) is 2.37. The van der Waals surface area contributed by atoms with Crippen molar-refractivity contribution in [3.63, 3.8) is 0 Å². The van der Waals surface area contributed by atoms with Crippen LogP contribution >= 0.6 is 0 Å². The van der Waals surface area contributed by atoms with Gasteiger partial charge in [-0.2, -0.15) is 0 Å². The van der Waals surface area contributed by atoms with E-state index in [4.69, 9.17) is 9.47 Å². The van der Waals surface area contributed by atoms with Gasteiger partial charge in [-0.05, 0) is 42.3 Å². The summed E-state index contributed by atoms with van der Waals surface area (Å²) in [5.41, 5.74) is 0.673. The highest BCUT2D eigenvalue weighted by molar-refractivity contribution is 6.46. The Labute approximate surface area is 191 Å². The molecule has 2 fully saturated rings. The largest absolute Gasteiger partial charge is 0.507 e. The molecule has 1 aromatic heterocycles. The summed E-state index contributed by atoms with van der Waals surface area (Å²) >= 11 is 0. The Bertz CT molecular complexity index is 1050. The molecule has 1 N–H and O–H groups in total. The second-order valence-electron chi connectivity index (χ2n) is 7.93. The van der Waals surface area contributed by atoms with Crippen LogP contribution in [0.2, 0.25) is 0 Å². The molecule has 2 aliphatic heterocycles. The highest BCUT2D eigenvalue weighted by atomic mass is 19.1. The number of Topliss-reactive ketones (excluding diaryl/α,β-unsaturated/α-hetero) is 1. The maximum Gasteiger partial charge on any atom is 0.295 e. The van der Waals surface area contributed by atoms with Crippen molar-refractivity contribution >= 4 is 17.4 Å². The Kier molecular flexibility index (Phi) is 7.00. The number of hydrogen-bond donors (Lipinski definition) is 1. The Morgan fingerprint density at radius 3 is 2.58 bits per heavy atom. The zero-order chi connectivity index (χ0) is 23.4. The van der Waals surface area contributed by atoms with Crippen molar-refractivity contribution in [3.8, 4) is 5.75 Å². The van der Waals surface area contributed by atoms with Crippen LogP contribution in [0.5, 0.6) is 5.75 Å². The third kappa shape index (κ3) is 4.74. The fourth-order valence-electron chi connectivity index (χ4n) is 4.26. The lowest BCUT2D eigenvalue weighted by molar-refractivity contribution is -0.140. The van der Waals surface area contributed by atoms with Crippen molar-refractivity contribution in [1.29, 1.82) is 0 Å². The van der Waals surface area contributed by atoms with Gasteiger partial charge in [0.05, 0.1) is 31.9 Å². The average Bonchev–Trinajstić information content (AvgIpc) is 3.10. The third-order valence-electron chi connectivity index (χ3n) is 5.96. The normalized spacial score (nSPS) is 20.9. The maximum absolute atomic E-state index is 14.3. The standard InChI is InChI=1S/C24H26FN3O5/c1-32-19-4-3-17(15-18(19)25)22(29)20-21(16-5-7-26-8-6-16)28(24(31)23(20)30)10-2-9-27-11-13-33-14-12-27/h3-8,15,21,29H,2,9-14H2,1H3/b22-20+. The molecule has 2 aromatic rings. The van der Waals surface area contributed by atoms with Gasteiger partial charge in [0.15, 0.2) is 11.6 Å². The van der Waals surface area contributed by atoms with Crippen LogP contribution in [-0.4, -0.2) is 78.1 Å². The summed E-state index contributed by atoms with van der Waals surface area (Å²) in [7, 11) is 1.34. The Morgan fingerprint density at radius 1 is 1.18 bits per heavy atom. The van der Waals surface area contributed by atoms with Gasteiger partial charge >= 0.3 is 0 Å². The molecule has 4 rings (SSSR count). The van der Waals surface area contributed by atoms with E-state index in [1.807, 2.05) is 0 Å². The number of methoxy groups -OCH3 is 1. The van der Waals surface area contributed by atoms with E-state index in [1.165, 1.54) is 24.1 Å². The minimum absolute atomic E-state index is 0.0146. The number of ether oxygens (including phenoxy) is 2. The van der Waals surface area contributed by atoms with Gasteiger partial charge in [-0.3, -0.25) is 19.5 Å². The number of halogens is 1. The Morgan fingerprint density at radius 2 is 1.91 bits per heavy atom. The number of morpholine rings is 1. The summed E-state index contributed by atoms with van der Waals surface area (Å²) in [4.78, 5) is 33.7. The van der Waals surface area contributed by atoms with Crippen LogP contribution in [0.4, 0.5) is 4.39 Å². The van der Waals surface area contributed by atoms with E-state index in [1.54, 1.807) is 24.5 Å². The zero-order valence-corrected chi connectivity index (χ0v) is 18.4. The van der Waals surface area contributed by atoms with Crippen molar-refractivity contribution < 1.29 is 28.6 Å². The van der Waals surface area contributed by atoms with Crippen LogP contribution in [0.1, 0.15) is 23.6 Å². The fourth-order valence-corrected chi connectivity index (χ4v) is 4.26. The van der Waals surface area contributed by atoms with Crippen molar-refractivity contribution in [2.75, 3.05) is 46.5 Å². The smallest absolute Gasteiger partial charge is 0.295 e. The van der Waals surface area contributed by atoms with Crippen LogP contribution < -0.4 is 4.74 Å².